The summed E-state index contributed by atoms with van der Waals surface area (Å²) >= 11 is 1.40. The topological polar surface area (TPSA) is 72.3 Å². The highest BCUT2D eigenvalue weighted by molar-refractivity contribution is 7.99. The van der Waals surface area contributed by atoms with E-state index in [0.29, 0.717) is 11.7 Å². The van der Waals surface area contributed by atoms with E-state index in [2.05, 4.69) is 96.6 Å². The van der Waals surface area contributed by atoms with Gasteiger partial charge in [0.25, 0.3) is 0 Å². The molecule has 0 bridgehead atoms. The third-order valence-corrected chi connectivity index (χ3v) is 7.08. The maximum absolute atomic E-state index is 12.7. The number of thioether (sulfide) groups is 1. The predicted octanol–water partition coefficient (Wildman–Crippen LogP) is 3.87. The smallest absolute Gasteiger partial charge is 0.230 e. The highest BCUT2D eigenvalue weighted by Gasteiger charge is 2.28. The molecule has 1 saturated heterocycles. The van der Waals surface area contributed by atoms with E-state index in [9.17, 15) is 4.79 Å². The predicted molar refractivity (Wildman–Crippen MR) is 136 cm³/mol. The number of nitrogens with zero attached hydrogens (tertiary/aromatic N) is 4. The van der Waals surface area contributed by atoms with E-state index < -0.39 is 0 Å². The molecule has 180 valence electrons. The van der Waals surface area contributed by atoms with Gasteiger partial charge in [0, 0.05) is 36.4 Å². The number of rotatable bonds is 8. The van der Waals surface area contributed by atoms with Gasteiger partial charge in [-0.2, -0.15) is 0 Å². The Kier molecular flexibility index (Phi) is 7.70. The quantitative estimate of drug-likeness (QED) is 0.495. The van der Waals surface area contributed by atoms with Gasteiger partial charge < -0.3 is 10.1 Å². The van der Waals surface area contributed by atoms with Crippen molar-refractivity contribution in [3.63, 3.8) is 0 Å². The number of aryl methyl sites for hydroxylation is 2. The lowest BCUT2D eigenvalue weighted by Crippen LogP contribution is -2.55. The number of amides is 1. The summed E-state index contributed by atoms with van der Waals surface area (Å²) in [5.41, 5.74) is 4.22. The van der Waals surface area contributed by atoms with Crippen LogP contribution in [0, 0.1) is 13.8 Å². The van der Waals surface area contributed by atoms with E-state index in [4.69, 9.17) is 4.74 Å². The second-order valence-corrected chi connectivity index (χ2v) is 10.3. The van der Waals surface area contributed by atoms with Crippen LogP contribution in [0.2, 0.25) is 0 Å². The van der Waals surface area contributed by atoms with Crippen LogP contribution in [-0.2, 0) is 9.53 Å². The van der Waals surface area contributed by atoms with Crippen molar-refractivity contribution >= 4 is 17.7 Å². The first-order valence-corrected chi connectivity index (χ1v) is 12.6. The Hall–Kier alpha value is -2.68. The van der Waals surface area contributed by atoms with Crippen LogP contribution in [0.3, 0.4) is 0 Å². The Labute approximate surface area is 205 Å². The normalized spacial score (nSPS) is 14.8. The van der Waals surface area contributed by atoms with Crippen molar-refractivity contribution in [3.8, 4) is 17.1 Å². The summed E-state index contributed by atoms with van der Waals surface area (Å²) in [5, 5.41) is 12.7. The minimum atomic E-state index is -0.120. The van der Waals surface area contributed by atoms with Crippen molar-refractivity contribution in [1.82, 2.24) is 25.0 Å². The standard InChI is InChI=1S/C26H33N5O2S/c1-19-5-9-21(10-6-19)24-28-29-25(31(24)22-11-7-20(2)8-12-22)34-17-23(32)27-18-26(3,4)30-13-15-33-16-14-30/h5-12H,13-18H2,1-4H3,(H,27,32). The number of aromatic nitrogens is 3. The van der Waals surface area contributed by atoms with Crippen molar-refractivity contribution in [2.75, 3.05) is 38.6 Å². The zero-order chi connectivity index (χ0) is 24.1. The molecule has 1 aliphatic rings. The van der Waals surface area contributed by atoms with Crippen molar-refractivity contribution in [3.05, 3.63) is 59.7 Å². The van der Waals surface area contributed by atoms with Gasteiger partial charge in [0.2, 0.25) is 5.91 Å². The van der Waals surface area contributed by atoms with Gasteiger partial charge in [-0.3, -0.25) is 14.3 Å². The summed E-state index contributed by atoms with van der Waals surface area (Å²) in [6.45, 7) is 12.3. The van der Waals surface area contributed by atoms with Gasteiger partial charge in [-0.1, -0.05) is 59.3 Å². The van der Waals surface area contributed by atoms with Gasteiger partial charge in [-0.05, 0) is 39.8 Å². The Balaban J connectivity index is 1.47. The average Bonchev–Trinajstić information content (AvgIpc) is 3.27. The molecule has 0 atom stereocenters. The summed E-state index contributed by atoms with van der Waals surface area (Å²) in [7, 11) is 0. The fourth-order valence-corrected chi connectivity index (χ4v) is 4.74. The number of hydrogen-bond donors (Lipinski definition) is 1. The molecule has 0 spiro atoms. The van der Waals surface area contributed by atoms with Crippen LogP contribution in [0.15, 0.2) is 53.7 Å². The Morgan fingerprint density at radius 3 is 2.26 bits per heavy atom. The fourth-order valence-electron chi connectivity index (χ4n) is 3.96. The minimum Gasteiger partial charge on any atom is -0.379 e. The van der Waals surface area contributed by atoms with Crippen molar-refractivity contribution in [2.45, 2.75) is 38.4 Å². The molecule has 1 aromatic heterocycles. The zero-order valence-corrected chi connectivity index (χ0v) is 21.2. The van der Waals surface area contributed by atoms with Gasteiger partial charge in [0.15, 0.2) is 11.0 Å². The molecule has 2 heterocycles. The number of ether oxygens (including phenoxy) is 1. The first-order valence-electron chi connectivity index (χ1n) is 11.7. The minimum absolute atomic E-state index is 0.0123. The van der Waals surface area contributed by atoms with Gasteiger partial charge >= 0.3 is 0 Å². The number of carbonyl (C=O) groups excluding carboxylic acids is 1. The van der Waals surface area contributed by atoms with E-state index in [0.717, 1.165) is 43.4 Å². The molecule has 1 amide bonds. The second kappa shape index (κ2) is 10.7. The van der Waals surface area contributed by atoms with Crippen molar-refractivity contribution < 1.29 is 9.53 Å². The average molecular weight is 480 g/mol. The summed E-state index contributed by atoms with van der Waals surface area (Å²) in [5.74, 6) is 1.03. The van der Waals surface area contributed by atoms with Crippen molar-refractivity contribution in [2.24, 2.45) is 0 Å². The van der Waals surface area contributed by atoms with E-state index >= 15 is 0 Å². The molecule has 0 aliphatic carbocycles. The molecule has 7 nitrogen and oxygen atoms in total. The SMILES string of the molecule is Cc1ccc(-c2nnc(SCC(=O)NCC(C)(C)N3CCOCC3)n2-c2ccc(C)cc2)cc1. The maximum atomic E-state index is 12.7. The molecule has 2 aromatic carbocycles. The number of carbonyl (C=O) groups is 1. The third-order valence-electron chi connectivity index (χ3n) is 6.15. The molecule has 1 fully saturated rings. The number of nitrogens with one attached hydrogen (secondary N) is 1. The number of morpholine rings is 1. The molecular weight excluding hydrogens is 446 g/mol. The van der Waals surface area contributed by atoms with Gasteiger partial charge in [-0.25, -0.2) is 0 Å². The van der Waals surface area contributed by atoms with Crippen LogP contribution in [0.1, 0.15) is 25.0 Å². The molecule has 0 saturated carbocycles. The molecule has 0 radical (unpaired) electrons. The lowest BCUT2D eigenvalue weighted by atomic mass is 10.0. The fraction of sp³-hybridized carbons (Fsp3) is 0.423. The van der Waals surface area contributed by atoms with Gasteiger partial charge in [0.1, 0.15) is 0 Å². The van der Waals surface area contributed by atoms with Crippen LogP contribution in [0.25, 0.3) is 17.1 Å². The highest BCUT2D eigenvalue weighted by atomic mass is 32.2. The third kappa shape index (κ3) is 5.87. The van der Waals surface area contributed by atoms with E-state index in [1.165, 1.54) is 22.9 Å². The zero-order valence-electron chi connectivity index (χ0n) is 20.4. The van der Waals surface area contributed by atoms with Crippen LogP contribution < -0.4 is 5.32 Å². The number of hydrogen-bond acceptors (Lipinski definition) is 6. The van der Waals surface area contributed by atoms with Crippen LogP contribution in [0.5, 0.6) is 0 Å². The van der Waals surface area contributed by atoms with E-state index in [-0.39, 0.29) is 17.2 Å². The molecule has 1 N–H and O–H groups in total. The molecule has 8 heteroatoms. The van der Waals surface area contributed by atoms with Crippen LogP contribution in [0.4, 0.5) is 0 Å². The summed E-state index contributed by atoms with van der Waals surface area (Å²) < 4.78 is 7.48. The molecule has 4 rings (SSSR count). The summed E-state index contributed by atoms with van der Waals surface area (Å²) in [4.78, 5) is 15.1. The Bertz CT molecular complexity index is 1100. The lowest BCUT2D eigenvalue weighted by Gasteiger charge is -2.40. The Morgan fingerprint density at radius 1 is 1.00 bits per heavy atom. The molecule has 0 unspecified atom stereocenters. The first-order chi connectivity index (χ1) is 16.3. The summed E-state index contributed by atoms with van der Waals surface area (Å²) in [6.07, 6.45) is 0. The van der Waals surface area contributed by atoms with Crippen LogP contribution >= 0.6 is 11.8 Å². The number of benzene rings is 2. The molecule has 34 heavy (non-hydrogen) atoms. The summed E-state index contributed by atoms with van der Waals surface area (Å²) in [6, 6.07) is 16.5. The van der Waals surface area contributed by atoms with E-state index in [1.54, 1.807) is 0 Å². The molecule has 1 aliphatic heterocycles. The maximum Gasteiger partial charge on any atom is 0.230 e. The second-order valence-electron chi connectivity index (χ2n) is 9.32. The lowest BCUT2D eigenvalue weighted by molar-refractivity contribution is -0.119. The monoisotopic (exact) mass is 479 g/mol. The molecule has 3 aromatic rings. The van der Waals surface area contributed by atoms with E-state index in [1.807, 2.05) is 4.57 Å². The van der Waals surface area contributed by atoms with Crippen molar-refractivity contribution in [1.29, 1.82) is 0 Å². The molecular formula is C26H33N5O2S. The van der Waals surface area contributed by atoms with Gasteiger partial charge in [0.05, 0.1) is 19.0 Å². The highest BCUT2D eigenvalue weighted by Crippen LogP contribution is 2.28. The van der Waals surface area contributed by atoms with Crippen LogP contribution in [-0.4, -0.2) is 69.7 Å². The first kappa shape index (κ1) is 24.4. The largest absolute Gasteiger partial charge is 0.379 e. The Morgan fingerprint density at radius 2 is 1.62 bits per heavy atom. The van der Waals surface area contributed by atoms with Gasteiger partial charge in [-0.15, -0.1) is 10.2 Å².